The maximum Gasteiger partial charge on any atom is 0.350 e. The molecule has 40 heavy (non-hydrogen) atoms. The summed E-state index contributed by atoms with van der Waals surface area (Å²) in [4.78, 5) is 55.8. The minimum atomic E-state index is -1.26. The molecule has 1 amide bonds. The largest absolute Gasteiger partial charge is 0.507 e. The second kappa shape index (κ2) is 12.1. The number of rotatable bonds is 10. The zero-order valence-electron chi connectivity index (χ0n) is 22.1. The topological polar surface area (TPSA) is 149 Å². The molecule has 0 bridgehead atoms. The Morgan fingerprint density at radius 3 is 2.62 bits per heavy atom. The van der Waals surface area contributed by atoms with Crippen molar-refractivity contribution in [3.05, 3.63) is 85.9 Å². The van der Waals surface area contributed by atoms with Crippen molar-refractivity contribution in [1.29, 1.82) is 0 Å². The number of benzene rings is 2. The third-order valence-corrected chi connectivity index (χ3v) is 7.30. The lowest BCUT2D eigenvalue weighted by molar-refractivity contribution is -0.384. The smallest absolute Gasteiger partial charge is 0.350 e. The Kier molecular flexibility index (Phi) is 8.58. The second-order valence-corrected chi connectivity index (χ2v) is 9.86. The van der Waals surface area contributed by atoms with Crippen molar-refractivity contribution in [3.63, 3.8) is 0 Å². The molecule has 0 spiro atoms. The van der Waals surface area contributed by atoms with E-state index in [1.807, 2.05) is 6.92 Å². The number of aromatic nitrogens is 1. The summed E-state index contributed by atoms with van der Waals surface area (Å²) < 4.78 is 10.8. The van der Waals surface area contributed by atoms with Crippen LogP contribution in [0.3, 0.4) is 0 Å². The summed E-state index contributed by atoms with van der Waals surface area (Å²) in [6.07, 6.45) is 1.76. The highest BCUT2D eigenvalue weighted by Gasteiger charge is 2.48. The van der Waals surface area contributed by atoms with Crippen LogP contribution in [0.5, 0.6) is 5.75 Å². The van der Waals surface area contributed by atoms with Gasteiger partial charge in [-0.1, -0.05) is 48.9 Å². The van der Waals surface area contributed by atoms with E-state index in [4.69, 9.17) is 9.47 Å². The number of nitro benzene ring substituents is 1. The average molecular weight is 566 g/mol. The molecule has 3 aromatic rings. The Bertz CT molecular complexity index is 1510. The van der Waals surface area contributed by atoms with Crippen molar-refractivity contribution in [2.24, 2.45) is 0 Å². The number of ether oxygens (including phenoxy) is 2. The molecule has 1 aliphatic heterocycles. The third-order valence-electron chi connectivity index (χ3n) is 6.17. The number of amides is 1. The monoisotopic (exact) mass is 565 g/mol. The minimum absolute atomic E-state index is 0.00913. The van der Waals surface area contributed by atoms with E-state index in [0.717, 1.165) is 29.1 Å². The van der Waals surface area contributed by atoms with Crippen LogP contribution in [0.25, 0.3) is 5.76 Å². The average Bonchev–Trinajstić information content (AvgIpc) is 3.45. The van der Waals surface area contributed by atoms with Gasteiger partial charge in [0.1, 0.15) is 16.4 Å². The fraction of sp³-hybridized carbons (Fsp3) is 0.286. The van der Waals surface area contributed by atoms with Gasteiger partial charge in [-0.15, -0.1) is 0 Å². The lowest BCUT2D eigenvalue weighted by Gasteiger charge is -2.23. The fourth-order valence-electron chi connectivity index (χ4n) is 4.25. The molecule has 0 saturated carbocycles. The third kappa shape index (κ3) is 5.57. The van der Waals surface area contributed by atoms with Crippen LogP contribution in [0, 0.1) is 17.0 Å². The standard InChI is InChI=1S/C28H27N3O8S/c1-4-6-13-39-20-12-8-10-18(15-20)23(32)21-22(17-9-7-11-19(14-17)31(36)37)30(26(34)24(21)33)28-29-16(3)25(40-28)27(35)38-5-2/h7-12,14-15,22,32H,4-6,13H2,1-3H3/b23-21+. The number of aliphatic hydroxyl groups excluding tert-OH is 1. The van der Waals surface area contributed by atoms with E-state index < -0.39 is 34.4 Å². The van der Waals surface area contributed by atoms with E-state index in [9.17, 15) is 29.6 Å². The molecule has 208 valence electrons. The lowest BCUT2D eigenvalue weighted by Crippen LogP contribution is -2.29. The molecule has 4 rings (SSSR count). The highest BCUT2D eigenvalue weighted by atomic mass is 32.1. The number of non-ortho nitro benzene ring substituents is 1. The van der Waals surface area contributed by atoms with Crippen LogP contribution < -0.4 is 9.64 Å². The van der Waals surface area contributed by atoms with Gasteiger partial charge in [0.05, 0.1) is 35.4 Å². The molecule has 0 radical (unpaired) electrons. The van der Waals surface area contributed by atoms with Gasteiger partial charge in [0.15, 0.2) is 5.13 Å². The molecule has 12 heteroatoms. The van der Waals surface area contributed by atoms with Gasteiger partial charge in [0.25, 0.3) is 11.5 Å². The van der Waals surface area contributed by atoms with Crippen LogP contribution in [0.4, 0.5) is 10.8 Å². The van der Waals surface area contributed by atoms with Crippen molar-refractivity contribution in [2.75, 3.05) is 18.1 Å². The molecule has 2 aromatic carbocycles. The summed E-state index contributed by atoms with van der Waals surface area (Å²) in [7, 11) is 0. The number of aliphatic hydroxyl groups is 1. The van der Waals surface area contributed by atoms with Crippen molar-refractivity contribution >= 4 is 45.6 Å². The summed E-state index contributed by atoms with van der Waals surface area (Å²) in [5.74, 6) is -2.65. The van der Waals surface area contributed by atoms with Crippen molar-refractivity contribution in [3.8, 4) is 5.75 Å². The summed E-state index contributed by atoms with van der Waals surface area (Å²) >= 11 is 0.852. The van der Waals surface area contributed by atoms with E-state index in [0.29, 0.717) is 12.4 Å². The highest BCUT2D eigenvalue weighted by Crippen LogP contribution is 2.44. The van der Waals surface area contributed by atoms with E-state index >= 15 is 0 Å². The SMILES string of the molecule is CCCCOc1cccc(/C(O)=C2\C(=O)C(=O)N(c3nc(C)c(C(=O)OCC)s3)C2c2cccc([N+](=O)[O-])c2)c1. The molecule has 1 fully saturated rings. The van der Waals surface area contributed by atoms with Gasteiger partial charge in [-0.25, -0.2) is 9.78 Å². The number of unbranched alkanes of at least 4 members (excludes halogenated alkanes) is 1. The van der Waals surface area contributed by atoms with Crippen LogP contribution in [-0.4, -0.2) is 45.9 Å². The molecule has 0 aliphatic carbocycles. The predicted octanol–water partition coefficient (Wildman–Crippen LogP) is 5.34. The number of carbonyl (C=O) groups excluding carboxylic acids is 3. The van der Waals surface area contributed by atoms with Gasteiger partial charge in [0.2, 0.25) is 0 Å². The number of Topliss-reactive ketones (excluding diaryl/α,β-unsaturated/α-hetero) is 1. The molecular weight excluding hydrogens is 538 g/mol. The van der Waals surface area contributed by atoms with Gasteiger partial charge in [-0.05, 0) is 38.0 Å². The number of nitrogens with zero attached hydrogens (tertiary/aromatic N) is 3. The van der Waals surface area contributed by atoms with E-state index in [1.165, 1.54) is 24.3 Å². The summed E-state index contributed by atoms with van der Waals surface area (Å²) in [6, 6.07) is 10.6. The van der Waals surface area contributed by atoms with Gasteiger partial charge in [-0.2, -0.15) is 0 Å². The Balaban J connectivity index is 1.88. The summed E-state index contributed by atoms with van der Waals surface area (Å²) in [6.45, 7) is 5.84. The number of carbonyl (C=O) groups is 3. The maximum absolute atomic E-state index is 13.4. The van der Waals surface area contributed by atoms with Crippen LogP contribution in [0.15, 0.2) is 54.1 Å². The molecule has 1 N–H and O–H groups in total. The first-order valence-electron chi connectivity index (χ1n) is 12.6. The van der Waals surface area contributed by atoms with Crippen molar-refractivity contribution < 1.29 is 33.9 Å². The molecule has 1 atom stereocenters. The number of thiazole rings is 1. The van der Waals surface area contributed by atoms with Crippen molar-refractivity contribution in [2.45, 2.75) is 39.7 Å². The normalized spacial score (nSPS) is 16.3. The zero-order valence-corrected chi connectivity index (χ0v) is 22.9. The molecule has 2 heterocycles. The quantitative estimate of drug-likeness (QED) is 0.0653. The van der Waals surface area contributed by atoms with Gasteiger partial charge in [0, 0.05) is 17.7 Å². The Morgan fingerprint density at radius 1 is 1.18 bits per heavy atom. The number of esters is 1. The predicted molar refractivity (Wildman–Crippen MR) is 148 cm³/mol. The molecular formula is C28H27N3O8S. The van der Waals surface area contributed by atoms with Gasteiger partial charge >= 0.3 is 11.9 Å². The van der Waals surface area contributed by atoms with Crippen LogP contribution >= 0.6 is 11.3 Å². The molecule has 1 aromatic heterocycles. The summed E-state index contributed by atoms with van der Waals surface area (Å²) in [5.41, 5.74) is 0.176. The molecule has 11 nitrogen and oxygen atoms in total. The van der Waals surface area contributed by atoms with E-state index in [-0.39, 0.29) is 44.7 Å². The maximum atomic E-state index is 13.4. The zero-order chi connectivity index (χ0) is 29.0. The van der Waals surface area contributed by atoms with E-state index in [2.05, 4.69) is 4.98 Å². The van der Waals surface area contributed by atoms with Crippen LogP contribution in [0.2, 0.25) is 0 Å². The Labute approximate surface area is 233 Å². The Hall–Kier alpha value is -4.58. The van der Waals surface area contributed by atoms with Crippen molar-refractivity contribution in [1.82, 2.24) is 4.98 Å². The Morgan fingerprint density at radius 2 is 1.93 bits per heavy atom. The molecule has 1 aliphatic rings. The second-order valence-electron chi connectivity index (χ2n) is 8.88. The van der Waals surface area contributed by atoms with Gasteiger partial charge in [-0.3, -0.25) is 24.6 Å². The fourth-order valence-corrected chi connectivity index (χ4v) is 5.24. The van der Waals surface area contributed by atoms with Crippen LogP contribution in [-0.2, 0) is 14.3 Å². The molecule has 1 unspecified atom stereocenters. The number of anilines is 1. The number of ketones is 1. The number of aryl methyl sites for hydroxylation is 1. The number of hydrogen-bond acceptors (Lipinski definition) is 10. The lowest BCUT2D eigenvalue weighted by atomic mass is 9.95. The highest BCUT2D eigenvalue weighted by molar-refractivity contribution is 7.17. The van der Waals surface area contributed by atoms with E-state index in [1.54, 1.807) is 38.1 Å². The van der Waals surface area contributed by atoms with Crippen LogP contribution in [0.1, 0.15) is 59.2 Å². The first kappa shape index (κ1) is 28.4. The first-order chi connectivity index (χ1) is 19.2. The molecule has 1 saturated heterocycles. The number of hydrogen-bond donors (Lipinski definition) is 1. The van der Waals surface area contributed by atoms with Gasteiger partial charge < -0.3 is 14.6 Å². The minimum Gasteiger partial charge on any atom is -0.507 e. The first-order valence-corrected chi connectivity index (χ1v) is 13.4. The number of nitro groups is 1. The summed E-state index contributed by atoms with van der Waals surface area (Å²) in [5, 5.41) is 22.9.